The summed E-state index contributed by atoms with van der Waals surface area (Å²) in [4.78, 5) is 4.97. The van der Waals surface area contributed by atoms with Gasteiger partial charge in [-0.15, -0.1) is 0 Å². The van der Waals surface area contributed by atoms with Crippen LogP contribution in [0.5, 0.6) is 0 Å². The summed E-state index contributed by atoms with van der Waals surface area (Å²) >= 11 is 1.88. The van der Waals surface area contributed by atoms with E-state index in [2.05, 4.69) is 234 Å². The molecule has 11 aromatic carbocycles. The Bertz CT molecular complexity index is 4220. The van der Waals surface area contributed by atoms with Crippen LogP contribution in [0.25, 0.3) is 82.1 Å². The molecule has 0 amide bonds. The van der Waals surface area contributed by atoms with Gasteiger partial charge in [0.2, 0.25) is 0 Å². The molecule has 3 nitrogen and oxygen atoms in total. The minimum absolute atomic E-state index is 0.526. The number of rotatable bonds is 4. The van der Waals surface area contributed by atoms with Crippen LogP contribution in [0.2, 0.25) is 0 Å². The van der Waals surface area contributed by atoms with Crippen LogP contribution in [0.15, 0.2) is 245 Å². The first-order valence-corrected chi connectivity index (χ1v) is 23.8. The van der Waals surface area contributed by atoms with Gasteiger partial charge >= 0.3 is 0 Å². The third kappa shape index (κ3) is 5.08. The fraction of sp³-hybridized carbons (Fsp3) is 0.0159. The predicted octanol–water partition coefficient (Wildman–Crippen LogP) is 17.3. The third-order valence-corrected chi connectivity index (χ3v) is 15.7. The molecule has 2 aromatic heterocycles. The lowest BCUT2D eigenvalue weighted by Gasteiger charge is -2.46. The Balaban J connectivity index is 0.994. The van der Waals surface area contributed by atoms with Crippen molar-refractivity contribution >= 4 is 94.1 Å². The molecule has 2 aliphatic rings. The maximum Gasteiger partial charge on any atom is 0.135 e. The normalized spacial score (nSPS) is 14.9. The number of hydrogen-bond donors (Lipinski definition) is 0. The summed E-state index contributed by atoms with van der Waals surface area (Å²) in [6.07, 6.45) is 0. The van der Waals surface area contributed by atoms with E-state index >= 15 is 0 Å². The Labute approximate surface area is 390 Å². The third-order valence-electron chi connectivity index (χ3n) is 14.6. The van der Waals surface area contributed by atoms with Gasteiger partial charge in [0.25, 0.3) is 0 Å². The molecule has 1 spiro atoms. The molecular formula is C63H38N2OS. The molecule has 0 radical (unpaired) electrons. The lowest BCUT2D eigenvalue weighted by Crippen LogP contribution is -2.36. The fourth-order valence-corrected chi connectivity index (χ4v) is 13.1. The van der Waals surface area contributed by atoms with Crippen molar-refractivity contribution in [3.05, 3.63) is 253 Å². The lowest BCUT2D eigenvalue weighted by molar-refractivity contribution is 0.669. The van der Waals surface area contributed by atoms with Gasteiger partial charge in [0.15, 0.2) is 0 Å². The summed E-state index contributed by atoms with van der Waals surface area (Å²) in [5.41, 5.74) is 15.9. The van der Waals surface area contributed by atoms with Gasteiger partial charge in [-0.1, -0.05) is 169 Å². The Morgan fingerprint density at radius 3 is 1.90 bits per heavy atom. The molecule has 1 aliphatic carbocycles. The molecule has 0 saturated carbocycles. The number of nitrogens with zero attached hydrogens (tertiary/aromatic N) is 2. The predicted molar refractivity (Wildman–Crippen MR) is 279 cm³/mol. The van der Waals surface area contributed by atoms with E-state index in [1.807, 2.05) is 17.8 Å². The van der Waals surface area contributed by atoms with E-state index in [1.165, 1.54) is 92.2 Å². The first-order chi connectivity index (χ1) is 33.2. The molecular weight excluding hydrogens is 833 g/mol. The minimum Gasteiger partial charge on any atom is -0.456 e. The van der Waals surface area contributed by atoms with E-state index in [-0.39, 0.29) is 0 Å². The number of fused-ring (bicyclic) bond motifs is 15. The minimum atomic E-state index is -0.526. The van der Waals surface area contributed by atoms with Crippen molar-refractivity contribution in [2.24, 2.45) is 0 Å². The van der Waals surface area contributed by atoms with Gasteiger partial charge in [-0.3, -0.25) is 0 Å². The number of furan rings is 1. The smallest absolute Gasteiger partial charge is 0.135 e. The summed E-state index contributed by atoms with van der Waals surface area (Å²) in [6, 6.07) is 85.3. The maximum atomic E-state index is 6.40. The average Bonchev–Trinajstić information content (AvgIpc) is 3.92. The molecule has 4 heteroatoms. The van der Waals surface area contributed by atoms with Crippen LogP contribution < -0.4 is 4.90 Å². The number of aromatic nitrogens is 1. The van der Waals surface area contributed by atoms with E-state index in [9.17, 15) is 0 Å². The van der Waals surface area contributed by atoms with E-state index in [0.29, 0.717) is 0 Å². The summed E-state index contributed by atoms with van der Waals surface area (Å²) in [5, 5.41) is 9.67. The monoisotopic (exact) mass is 870 g/mol. The van der Waals surface area contributed by atoms with E-state index in [4.69, 9.17) is 4.42 Å². The van der Waals surface area contributed by atoms with Crippen molar-refractivity contribution in [1.82, 2.24) is 4.57 Å². The van der Waals surface area contributed by atoms with Crippen molar-refractivity contribution < 1.29 is 4.42 Å². The molecule has 15 rings (SSSR count). The van der Waals surface area contributed by atoms with Crippen molar-refractivity contribution in [1.29, 1.82) is 0 Å². The highest BCUT2D eigenvalue weighted by molar-refractivity contribution is 7.99. The zero-order valence-corrected chi connectivity index (χ0v) is 37.0. The number of para-hydroxylation sites is 2. The van der Waals surface area contributed by atoms with Crippen molar-refractivity contribution in [2.75, 3.05) is 4.90 Å². The molecule has 0 N–H and O–H groups in total. The van der Waals surface area contributed by atoms with Crippen molar-refractivity contribution in [2.45, 2.75) is 15.2 Å². The Kier molecular flexibility index (Phi) is 7.64. The highest BCUT2D eigenvalue weighted by Gasteiger charge is 2.48. The van der Waals surface area contributed by atoms with Crippen molar-refractivity contribution in [3.63, 3.8) is 0 Å². The van der Waals surface area contributed by atoms with Gasteiger partial charge < -0.3 is 13.9 Å². The van der Waals surface area contributed by atoms with E-state index in [0.717, 1.165) is 39.0 Å². The molecule has 13 aromatic rings. The average molecular weight is 871 g/mol. The molecule has 67 heavy (non-hydrogen) atoms. The largest absolute Gasteiger partial charge is 0.456 e. The summed E-state index contributed by atoms with van der Waals surface area (Å²) in [6.45, 7) is 0. The molecule has 1 unspecified atom stereocenters. The Morgan fingerprint density at radius 1 is 0.373 bits per heavy atom. The number of anilines is 3. The van der Waals surface area contributed by atoms with Crippen LogP contribution >= 0.6 is 11.8 Å². The highest BCUT2D eigenvalue weighted by atomic mass is 32.2. The van der Waals surface area contributed by atoms with Gasteiger partial charge in [-0.05, 0) is 122 Å². The SMILES string of the molecule is c1ccc2c(c1)Sc1cc(N(c3ccc4oc5ccccc5c4c3)c3ccc4c(c3)c3ccccc3n4-c3cccc4ccccc34)ccc1C21c2ccccc2-c2cccc3cccc1c23. The molecule has 312 valence electrons. The fourth-order valence-electron chi connectivity index (χ4n) is 11.9. The number of benzene rings is 11. The van der Waals surface area contributed by atoms with Gasteiger partial charge in [-0.25, -0.2) is 0 Å². The Hall–Kier alpha value is -8.31. The van der Waals surface area contributed by atoms with Crippen LogP contribution in [0.1, 0.15) is 22.3 Å². The van der Waals surface area contributed by atoms with E-state index in [1.54, 1.807) is 0 Å². The molecule has 1 aliphatic heterocycles. The molecule has 1 atom stereocenters. The summed E-state index contributed by atoms with van der Waals surface area (Å²) in [5.74, 6) is 0. The second kappa shape index (κ2) is 13.9. The van der Waals surface area contributed by atoms with Crippen LogP contribution in [0, 0.1) is 0 Å². The first kappa shape index (κ1) is 37.0. The quantitative estimate of drug-likeness (QED) is 0.176. The van der Waals surface area contributed by atoms with Gasteiger partial charge in [0.1, 0.15) is 11.2 Å². The molecule has 3 heterocycles. The zero-order chi connectivity index (χ0) is 43.8. The summed E-state index contributed by atoms with van der Waals surface area (Å²) < 4.78 is 8.85. The molecule has 0 fully saturated rings. The van der Waals surface area contributed by atoms with Crippen LogP contribution in [0.3, 0.4) is 0 Å². The standard InChI is InChI=1S/C63H38N2OS/c1-2-18-44-39(14-1)15-13-27-55(44)65-56-26-8-4-20-46(56)49-36-41(31-34-57(49)65)64(42-32-35-59-50(37-42)47-21-5-9-28-58(47)66-59)43-30-33-53-61(38-43)67-60-29-10-7-24-52(60)63(53)51-23-6-3-19-45(51)48-22-11-16-40-17-12-25-54(63)62(40)48/h1-38H. The second-order valence-electron chi connectivity index (χ2n) is 17.9. The van der Waals surface area contributed by atoms with Gasteiger partial charge in [0, 0.05) is 53.8 Å². The second-order valence-corrected chi connectivity index (χ2v) is 19.0. The highest BCUT2D eigenvalue weighted by Crippen LogP contribution is 2.62. The topological polar surface area (TPSA) is 21.3 Å². The Morgan fingerprint density at radius 2 is 0.970 bits per heavy atom. The first-order valence-electron chi connectivity index (χ1n) is 23.0. The van der Waals surface area contributed by atoms with Gasteiger partial charge in [-0.2, -0.15) is 0 Å². The van der Waals surface area contributed by atoms with Crippen LogP contribution in [-0.4, -0.2) is 4.57 Å². The van der Waals surface area contributed by atoms with Crippen molar-refractivity contribution in [3.8, 4) is 16.8 Å². The van der Waals surface area contributed by atoms with E-state index < -0.39 is 5.41 Å². The van der Waals surface area contributed by atoms with Crippen LogP contribution in [-0.2, 0) is 5.41 Å². The lowest BCUT2D eigenvalue weighted by atomic mass is 9.59. The summed E-state index contributed by atoms with van der Waals surface area (Å²) in [7, 11) is 0. The maximum absolute atomic E-state index is 6.40. The number of hydrogen-bond acceptors (Lipinski definition) is 3. The molecule has 0 bridgehead atoms. The van der Waals surface area contributed by atoms with Crippen LogP contribution in [0.4, 0.5) is 17.1 Å². The molecule has 0 saturated heterocycles. The zero-order valence-electron chi connectivity index (χ0n) is 36.2. The van der Waals surface area contributed by atoms with Gasteiger partial charge in [0.05, 0.1) is 22.1 Å².